The standard InChI is InChI=1S/C15H22N2O2/c1-11(2)15(19)16-13-5-3-4-6-14(13)17-9-7-12(18)8-10-17/h3-6,11-12,18H,7-10H2,1-2H3,(H,16,19). The molecule has 1 aliphatic heterocycles. The predicted octanol–water partition coefficient (Wildman–Crippen LogP) is 2.24. The molecule has 2 N–H and O–H groups in total. The highest BCUT2D eigenvalue weighted by atomic mass is 16.3. The van der Waals surface area contributed by atoms with E-state index < -0.39 is 0 Å². The van der Waals surface area contributed by atoms with E-state index in [9.17, 15) is 9.90 Å². The highest BCUT2D eigenvalue weighted by Gasteiger charge is 2.20. The van der Waals surface area contributed by atoms with Crippen molar-refractivity contribution in [3.05, 3.63) is 24.3 Å². The monoisotopic (exact) mass is 262 g/mol. The lowest BCUT2D eigenvalue weighted by molar-refractivity contribution is -0.118. The summed E-state index contributed by atoms with van der Waals surface area (Å²) in [5, 5.41) is 12.5. The molecule has 4 heteroatoms. The van der Waals surface area contributed by atoms with Crippen molar-refractivity contribution in [1.82, 2.24) is 0 Å². The molecule has 1 aromatic rings. The summed E-state index contributed by atoms with van der Waals surface area (Å²) in [5.41, 5.74) is 1.90. The van der Waals surface area contributed by atoms with Gasteiger partial charge in [0.25, 0.3) is 0 Å². The zero-order chi connectivity index (χ0) is 13.8. The van der Waals surface area contributed by atoms with E-state index in [1.54, 1.807) is 0 Å². The van der Waals surface area contributed by atoms with Gasteiger partial charge in [-0.3, -0.25) is 4.79 Å². The number of aliphatic hydroxyl groups excluding tert-OH is 1. The summed E-state index contributed by atoms with van der Waals surface area (Å²) < 4.78 is 0. The fraction of sp³-hybridized carbons (Fsp3) is 0.533. The minimum atomic E-state index is -0.186. The Morgan fingerprint density at radius 2 is 1.95 bits per heavy atom. The number of hydrogen-bond donors (Lipinski definition) is 2. The van der Waals surface area contributed by atoms with Gasteiger partial charge in [0.05, 0.1) is 17.5 Å². The maximum Gasteiger partial charge on any atom is 0.226 e. The fourth-order valence-electron chi connectivity index (χ4n) is 2.24. The molecule has 1 fully saturated rings. The molecule has 0 aromatic heterocycles. The van der Waals surface area contributed by atoms with Crippen molar-refractivity contribution in [3.63, 3.8) is 0 Å². The maximum atomic E-state index is 11.8. The molecule has 0 unspecified atom stereocenters. The molecule has 19 heavy (non-hydrogen) atoms. The molecule has 2 rings (SSSR count). The van der Waals surface area contributed by atoms with Gasteiger partial charge in [-0.15, -0.1) is 0 Å². The molecule has 4 nitrogen and oxygen atoms in total. The third kappa shape index (κ3) is 3.47. The summed E-state index contributed by atoms with van der Waals surface area (Å²) in [5.74, 6) is 0.000674. The number of nitrogens with zero attached hydrogens (tertiary/aromatic N) is 1. The van der Waals surface area contributed by atoms with Crippen LogP contribution in [0.15, 0.2) is 24.3 Å². The van der Waals surface area contributed by atoms with Crippen molar-refractivity contribution in [2.24, 2.45) is 5.92 Å². The smallest absolute Gasteiger partial charge is 0.226 e. The Labute approximate surface area is 114 Å². The van der Waals surface area contributed by atoms with Gasteiger partial charge >= 0.3 is 0 Å². The Balaban J connectivity index is 2.14. The number of carbonyl (C=O) groups excluding carboxylic acids is 1. The Hall–Kier alpha value is -1.55. The van der Waals surface area contributed by atoms with Crippen LogP contribution >= 0.6 is 0 Å². The first-order valence-electron chi connectivity index (χ1n) is 6.91. The van der Waals surface area contributed by atoms with Crippen LogP contribution in [0.1, 0.15) is 26.7 Å². The number of aliphatic hydroxyl groups is 1. The van der Waals surface area contributed by atoms with Crippen molar-refractivity contribution >= 4 is 17.3 Å². The van der Waals surface area contributed by atoms with E-state index in [4.69, 9.17) is 0 Å². The Bertz CT molecular complexity index is 438. The molecule has 104 valence electrons. The lowest BCUT2D eigenvalue weighted by Gasteiger charge is -2.32. The molecule has 1 aliphatic rings. The van der Waals surface area contributed by atoms with E-state index in [-0.39, 0.29) is 17.9 Å². The second kappa shape index (κ2) is 6.06. The van der Waals surface area contributed by atoms with Crippen LogP contribution in [-0.4, -0.2) is 30.2 Å². The van der Waals surface area contributed by atoms with Crippen LogP contribution in [0.5, 0.6) is 0 Å². The van der Waals surface area contributed by atoms with Gasteiger partial charge in [-0.25, -0.2) is 0 Å². The van der Waals surface area contributed by atoms with Crippen LogP contribution in [0.3, 0.4) is 0 Å². The molecule has 0 spiro atoms. The van der Waals surface area contributed by atoms with E-state index in [1.165, 1.54) is 0 Å². The zero-order valence-corrected chi connectivity index (χ0v) is 11.6. The van der Waals surface area contributed by atoms with E-state index in [0.717, 1.165) is 37.3 Å². The quantitative estimate of drug-likeness (QED) is 0.878. The van der Waals surface area contributed by atoms with Gasteiger partial charge in [0, 0.05) is 19.0 Å². The highest BCUT2D eigenvalue weighted by Crippen LogP contribution is 2.28. The number of benzene rings is 1. The normalized spacial score (nSPS) is 16.7. The van der Waals surface area contributed by atoms with Gasteiger partial charge in [-0.05, 0) is 25.0 Å². The number of amides is 1. The third-order valence-electron chi connectivity index (χ3n) is 3.49. The minimum Gasteiger partial charge on any atom is -0.393 e. The van der Waals surface area contributed by atoms with Crippen LogP contribution < -0.4 is 10.2 Å². The molecule has 1 amide bonds. The van der Waals surface area contributed by atoms with Crippen molar-refractivity contribution in [1.29, 1.82) is 0 Å². The number of anilines is 2. The SMILES string of the molecule is CC(C)C(=O)Nc1ccccc1N1CCC(O)CC1. The molecule has 0 bridgehead atoms. The molecule has 1 aromatic carbocycles. The lowest BCUT2D eigenvalue weighted by atomic mass is 10.1. The molecule has 0 saturated carbocycles. The summed E-state index contributed by atoms with van der Waals surface area (Å²) in [6, 6.07) is 7.86. The van der Waals surface area contributed by atoms with Crippen LogP contribution in [0.2, 0.25) is 0 Å². The topological polar surface area (TPSA) is 52.6 Å². The minimum absolute atomic E-state index is 0.0313. The predicted molar refractivity (Wildman–Crippen MR) is 77.4 cm³/mol. The average molecular weight is 262 g/mol. The molecular weight excluding hydrogens is 240 g/mol. The Morgan fingerprint density at radius 1 is 1.32 bits per heavy atom. The molecule has 0 radical (unpaired) electrons. The summed E-state index contributed by atoms with van der Waals surface area (Å²) >= 11 is 0. The second-order valence-corrected chi connectivity index (χ2v) is 5.38. The molecule has 0 aliphatic carbocycles. The van der Waals surface area contributed by atoms with E-state index in [1.807, 2.05) is 38.1 Å². The second-order valence-electron chi connectivity index (χ2n) is 5.38. The van der Waals surface area contributed by atoms with E-state index >= 15 is 0 Å². The first kappa shape index (κ1) is 13.9. The first-order chi connectivity index (χ1) is 9.08. The highest BCUT2D eigenvalue weighted by molar-refractivity contribution is 5.95. The number of nitrogens with one attached hydrogen (secondary N) is 1. The van der Waals surface area contributed by atoms with Crippen LogP contribution in [0, 0.1) is 5.92 Å². The van der Waals surface area contributed by atoms with E-state index in [2.05, 4.69) is 10.2 Å². The molecular formula is C15H22N2O2. The van der Waals surface area contributed by atoms with Crippen molar-refractivity contribution < 1.29 is 9.90 Å². The van der Waals surface area contributed by atoms with Gasteiger partial charge in [0.15, 0.2) is 0 Å². The van der Waals surface area contributed by atoms with Crippen molar-refractivity contribution in [2.75, 3.05) is 23.3 Å². The van der Waals surface area contributed by atoms with Gasteiger partial charge in [-0.1, -0.05) is 26.0 Å². The van der Waals surface area contributed by atoms with Gasteiger partial charge in [0.2, 0.25) is 5.91 Å². The Kier molecular flexibility index (Phi) is 4.43. The summed E-state index contributed by atoms with van der Waals surface area (Å²) in [6.45, 7) is 5.43. The van der Waals surface area contributed by atoms with E-state index in [0.29, 0.717) is 0 Å². The maximum absolute atomic E-state index is 11.8. The largest absolute Gasteiger partial charge is 0.393 e. The molecule has 1 saturated heterocycles. The van der Waals surface area contributed by atoms with Gasteiger partial charge in [0.1, 0.15) is 0 Å². The fourth-order valence-corrected chi connectivity index (χ4v) is 2.24. The van der Waals surface area contributed by atoms with Crippen LogP contribution in [-0.2, 0) is 4.79 Å². The summed E-state index contributed by atoms with van der Waals surface area (Å²) in [4.78, 5) is 14.1. The Morgan fingerprint density at radius 3 is 2.58 bits per heavy atom. The van der Waals surface area contributed by atoms with Crippen LogP contribution in [0.25, 0.3) is 0 Å². The van der Waals surface area contributed by atoms with Crippen molar-refractivity contribution in [3.8, 4) is 0 Å². The molecule has 0 atom stereocenters. The third-order valence-corrected chi connectivity index (χ3v) is 3.49. The average Bonchev–Trinajstić information content (AvgIpc) is 2.40. The number of carbonyl (C=O) groups is 1. The zero-order valence-electron chi connectivity index (χ0n) is 11.6. The van der Waals surface area contributed by atoms with Crippen LogP contribution in [0.4, 0.5) is 11.4 Å². The number of rotatable bonds is 3. The summed E-state index contributed by atoms with van der Waals surface area (Å²) in [6.07, 6.45) is 1.38. The lowest BCUT2D eigenvalue weighted by Crippen LogP contribution is -2.36. The first-order valence-corrected chi connectivity index (χ1v) is 6.91. The number of para-hydroxylation sites is 2. The summed E-state index contributed by atoms with van der Waals surface area (Å²) in [7, 11) is 0. The van der Waals surface area contributed by atoms with Gasteiger partial charge < -0.3 is 15.3 Å². The molecule has 1 heterocycles. The number of hydrogen-bond acceptors (Lipinski definition) is 3. The number of piperidine rings is 1. The van der Waals surface area contributed by atoms with Crippen molar-refractivity contribution in [2.45, 2.75) is 32.8 Å². The van der Waals surface area contributed by atoms with Gasteiger partial charge in [-0.2, -0.15) is 0 Å².